The second-order valence-electron chi connectivity index (χ2n) is 7.23. The fraction of sp³-hybridized carbons (Fsp3) is 0.526. The van der Waals surface area contributed by atoms with E-state index in [4.69, 9.17) is 9.47 Å². The quantitative estimate of drug-likeness (QED) is 0.668. The summed E-state index contributed by atoms with van der Waals surface area (Å²) in [6.07, 6.45) is 0.513. The molecule has 2 atom stereocenters. The minimum absolute atomic E-state index is 0.218. The zero-order chi connectivity index (χ0) is 18.7. The van der Waals surface area contributed by atoms with Gasteiger partial charge in [-0.2, -0.15) is 0 Å². The first-order chi connectivity index (χ1) is 11.7. The Morgan fingerprint density at radius 1 is 1.20 bits per heavy atom. The molecule has 0 heterocycles. The first kappa shape index (κ1) is 19.0. The van der Waals surface area contributed by atoms with Crippen LogP contribution in [0.4, 0.5) is 4.79 Å². The smallest absolute Gasteiger partial charge is 0.408 e. The third kappa shape index (κ3) is 4.00. The maximum absolute atomic E-state index is 12.7. The van der Waals surface area contributed by atoms with E-state index >= 15 is 0 Å². The maximum Gasteiger partial charge on any atom is 0.408 e. The molecule has 0 unspecified atom stereocenters. The number of carbonyl (C=O) groups is 3. The molecular formula is C19H25NO5. The zero-order valence-corrected chi connectivity index (χ0v) is 15.1. The Morgan fingerprint density at radius 3 is 2.32 bits per heavy atom. The van der Waals surface area contributed by atoms with Crippen LogP contribution >= 0.6 is 0 Å². The number of ketones is 1. The third-order valence-corrected chi connectivity index (χ3v) is 4.31. The molecule has 1 fully saturated rings. The molecule has 1 aliphatic carbocycles. The average molecular weight is 347 g/mol. The number of alkyl carbamates (subject to hydrolysis) is 1. The summed E-state index contributed by atoms with van der Waals surface area (Å²) in [4.78, 5) is 37.6. The van der Waals surface area contributed by atoms with Crippen molar-refractivity contribution >= 4 is 17.8 Å². The molecule has 6 nitrogen and oxygen atoms in total. The number of Topliss-reactive ketones (excluding diaryl/α,β-unsaturated/α-hetero) is 1. The van der Waals surface area contributed by atoms with Crippen LogP contribution in [0.5, 0.6) is 0 Å². The number of hydrogen-bond acceptors (Lipinski definition) is 5. The van der Waals surface area contributed by atoms with Crippen molar-refractivity contribution in [3.8, 4) is 0 Å². The van der Waals surface area contributed by atoms with E-state index < -0.39 is 29.1 Å². The standard InChI is InChI=1S/C19H25NO5/c1-18(2,3)25-17(23)20-15(13-9-6-5-7-10-13)19(16(22)24-4)12-8-11-14(19)21/h5-7,9-10,15H,8,11-12H2,1-4H3,(H,20,23)/t15-,19-/m1/s1. The molecule has 0 aliphatic heterocycles. The van der Waals surface area contributed by atoms with Gasteiger partial charge in [-0.05, 0) is 39.2 Å². The van der Waals surface area contributed by atoms with Crippen molar-refractivity contribution in [1.82, 2.24) is 5.32 Å². The minimum atomic E-state index is -1.42. The molecule has 136 valence electrons. The Labute approximate surface area is 147 Å². The lowest BCUT2D eigenvalue weighted by atomic mass is 9.74. The SMILES string of the molecule is COC(=O)[C@]1([C@H](NC(=O)OC(C)(C)C)c2ccccc2)CCCC1=O. The van der Waals surface area contributed by atoms with Crippen molar-refractivity contribution < 1.29 is 23.9 Å². The van der Waals surface area contributed by atoms with Crippen LogP contribution in [-0.4, -0.2) is 30.6 Å². The van der Waals surface area contributed by atoms with Gasteiger partial charge in [-0.15, -0.1) is 0 Å². The summed E-state index contributed by atoms with van der Waals surface area (Å²) in [6.45, 7) is 5.25. The maximum atomic E-state index is 12.7. The molecule has 0 aromatic heterocycles. The van der Waals surface area contributed by atoms with Crippen LogP contribution in [0, 0.1) is 5.41 Å². The van der Waals surface area contributed by atoms with E-state index in [1.54, 1.807) is 45.0 Å². The van der Waals surface area contributed by atoms with Gasteiger partial charge in [0.05, 0.1) is 13.2 Å². The third-order valence-electron chi connectivity index (χ3n) is 4.31. The number of amides is 1. The molecule has 1 N–H and O–H groups in total. The number of rotatable bonds is 4. The molecule has 25 heavy (non-hydrogen) atoms. The Kier molecular flexibility index (Phi) is 5.50. The van der Waals surface area contributed by atoms with Crippen molar-refractivity contribution in [3.05, 3.63) is 35.9 Å². The lowest BCUT2D eigenvalue weighted by molar-refractivity contribution is -0.158. The van der Waals surface area contributed by atoms with Gasteiger partial charge >= 0.3 is 12.1 Å². The van der Waals surface area contributed by atoms with Crippen LogP contribution in [0.15, 0.2) is 30.3 Å². The molecule has 2 rings (SSSR count). The monoisotopic (exact) mass is 347 g/mol. The van der Waals surface area contributed by atoms with Gasteiger partial charge in [0.2, 0.25) is 0 Å². The molecule has 1 aromatic rings. The highest BCUT2D eigenvalue weighted by molar-refractivity contribution is 6.06. The first-order valence-electron chi connectivity index (χ1n) is 8.37. The number of nitrogens with one attached hydrogen (secondary N) is 1. The van der Waals surface area contributed by atoms with E-state index in [0.717, 1.165) is 0 Å². The molecule has 0 bridgehead atoms. The molecule has 6 heteroatoms. The number of benzene rings is 1. The van der Waals surface area contributed by atoms with E-state index in [0.29, 0.717) is 18.4 Å². The summed E-state index contributed by atoms with van der Waals surface area (Å²) in [5, 5.41) is 2.74. The van der Waals surface area contributed by atoms with E-state index in [2.05, 4.69) is 5.32 Å². The lowest BCUT2D eigenvalue weighted by Crippen LogP contribution is -2.50. The van der Waals surface area contributed by atoms with Crippen LogP contribution in [0.1, 0.15) is 51.6 Å². The number of ether oxygens (including phenoxy) is 2. The van der Waals surface area contributed by atoms with Gasteiger partial charge < -0.3 is 14.8 Å². The number of hydrogen-bond donors (Lipinski definition) is 1. The minimum Gasteiger partial charge on any atom is -0.468 e. The first-order valence-corrected chi connectivity index (χ1v) is 8.37. The Morgan fingerprint density at radius 2 is 1.84 bits per heavy atom. The second kappa shape index (κ2) is 7.25. The molecule has 0 radical (unpaired) electrons. The number of methoxy groups -OCH3 is 1. The summed E-state index contributed by atoms with van der Waals surface area (Å²) in [5.41, 5.74) is -1.45. The van der Waals surface area contributed by atoms with Crippen LogP contribution < -0.4 is 5.32 Å². The van der Waals surface area contributed by atoms with Gasteiger partial charge in [0, 0.05) is 6.42 Å². The predicted octanol–water partition coefficient (Wildman–Crippen LogP) is 3.16. The van der Waals surface area contributed by atoms with Crippen molar-refractivity contribution in [2.75, 3.05) is 7.11 Å². The molecule has 1 amide bonds. The fourth-order valence-electron chi connectivity index (χ4n) is 3.27. The lowest BCUT2D eigenvalue weighted by Gasteiger charge is -2.34. The van der Waals surface area contributed by atoms with Crippen LogP contribution in [0.25, 0.3) is 0 Å². The normalized spacial score (nSPS) is 21.5. The second-order valence-corrected chi connectivity index (χ2v) is 7.23. The summed E-state index contributed by atoms with van der Waals surface area (Å²) in [6, 6.07) is 8.13. The van der Waals surface area contributed by atoms with Gasteiger partial charge in [0.25, 0.3) is 0 Å². The molecule has 1 aliphatic rings. The van der Waals surface area contributed by atoms with Crippen LogP contribution in [0.3, 0.4) is 0 Å². The van der Waals surface area contributed by atoms with Gasteiger partial charge in [0.1, 0.15) is 5.60 Å². The van der Waals surface area contributed by atoms with Gasteiger partial charge in [0.15, 0.2) is 11.2 Å². The highest BCUT2D eigenvalue weighted by Gasteiger charge is 2.56. The molecule has 1 aromatic carbocycles. The summed E-state index contributed by atoms with van der Waals surface area (Å²) in [7, 11) is 1.26. The molecular weight excluding hydrogens is 322 g/mol. The molecule has 1 saturated carbocycles. The Balaban J connectivity index is 2.45. The number of esters is 1. The van der Waals surface area contributed by atoms with Crippen LogP contribution in [-0.2, 0) is 19.1 Å². The zero-order valence-electron chi connectivity index (χ0n) is 15.1. The summed E-state index contributed by atoms with van der Waals surface area (Å²) >= 11 is 0. The van der Waals surface area contributed by atoms with Gasteiger partial charge in [-0.3, -0.25) is 9.59 Å². The van der Waals surface area contributed by atoms with Crippen molar-refractivity contribution in [3.63, 3.8) is 0 Å². The van der Waals surface area contributed by atoms with Crippen LogP contribution in [0.2, 0.25) is 0 Å². The predicted molar refractivity (Wildman–Crippen MR) is 91.9 cm³/mol. The van der Waals surface area contributed by atoms with Crippen molar-refractivity contribution in [2.45, 2.75) is 51.7 Å². The van der Waals surface area contributed by atoms with Gasteiger partial charge in [-0.1, -0.05) is 30.3 Å². The van der Waals surface area contributed by atoms with E-state index in [1.807, 2.05) is 6.07 Å². The highest BCUT2D eigenvalue weighted by atomic mass is 16.6. The molecule has 0 spiro atoms. The summed E-state index contributed by atoms with van der Waals surface area (Å²) < 4.78 is 10.3. The van der Waals surface area contributed by atoms with Crippen molar-refractivity contribution in [2.24, 2.45) is 5.41 Å². The largest absolute Gasteiger partial charge is 0.468 e. The Hall–Kier alpha value is -2.37. The highest BCUT2D eigenvalue weighted by Crippen LogP contribution is 2.46. The van der Waals surface area contributed by atoms with E-state index in [1.165, 1.54) is 7.11 Å². The molecule has 0 saturated heterocycles. The number of carbonyl (C=O) groups excluding carboxylic acids is 3. The Bertz CT molecular complexity index is 650. The summed E-state index contributed by atoms with van der Waals surface area (Å²) in [5.74, 6) is -0.843. The fourth-order valence-corrected chi connectivity index (χ4v) is 3.27. The average Bonchev–Trinajstić information content (AvgIpc) is 2.93. The van der Waals surface area contributed by atoms with Crippen molar-refractivity contribution in [1.29, 1.82) is 0 Å². The van der Waals surface area contributed by atoms with Gasteiger partial charge in [-0.25, -0.2) is 4.79 Å². The van der Waals surface area contributed by atoms with E-state index in [-0.39, 0.29) is 12.2 Å². The topological polar surface area (TPSA) is 81.7 Å². The van der Waals surface area contributed by atoms with E-state index in [9.17, 15) is 14.4 Å².